The molecular formula is C20H21N5O2. The van der Waals surface area contributed by atoms with Gasteiger partial charge in [-0.1, -0.05) is 30.3 Å². The highest BCUT2D eigenvalue weighted by Gasteiger charge is 2.22. The molecule has 0 fully saturated rings. The lowest BCUT2D eigenvalue weighted by molar-refractivity contribution is 0.0936. The van der Waals surface area contributed by atoms with Crippen LogP contribution in [0.25, 0.3) is 11.3 Å². The predicted octanol–water partition coefficient (Wildman–Crippen LogP) is 2.46. The van der Waals surface area contributed by atoms with Crippen LogP contribution in [0.1, 0.15) is 47.8 Å². The number of amides is 1. The molecule has 1 unspecified atom stereocenters. The maximum atomic E-state index is 12.6. The largest absolute Gasteiger partial charge is 0.342 e. The number of carbonyl (C=O) groups is 1. The van der Waals surface area contributed by atoms with Crippen LogP contribution in [0.2, 0.25) is 0 Å². The number of aryl methyl sites for hydroxylation is 1. The molecule has 0 saturated heterocycles. The molecular weight excluding hydrogens is 342 g/mol. The molecule has 1 atom stereocenters. The molecule has 7 nitrogen and oxygen atoms in total. The summed E-state index contributed by atoms with van der Waals surface area (Å²) in [4.78, 5) is 27.8. The summed E-state index contributed by atoms with van der Waals surface area (Å²) in [5, 5.41) is 11.3. The molecule has 3 heterocycles. The van der Waals surface area contributed by atoms with E-state index in [9.17, 15) is 9.59 Å². The smallest absolute Gasteiger partial charge is 0.261 e. The number of pyridine rings is 1. The number of hydrogen-bond acceptors (Lipinski definition) is 4. The highest BCUT2D eigenvalue weighted by Crippen LogP contribution is 2.19. The summed E-state index contributed by atoms with van der Waals surface area (Å²) in [6.45, 7) is 2.72. The molecule has 3 aromatic rings. The minimum Gasteiger partial charge on any atom is -0.342 e. The third-order valence-corrected chi connectivity index (χ3v) is 4.86. The van der Waals surface area contributed by atoms with Crippen LogP contribution < -0.4 is 10.9 Å². The second-order valence-corrected chi connectivity index (χ2v) is 6.76. The zero-order chi connectivity index (χ0) is 18.8. The lowest BCUT2D eigenvalue weighted by Crippen LogP contribution is -2.33. The second kappa shape index (κ2) is 7.19. The summed E-state index contributed by atoms with van der Waals surface area (Å²) in [6, 6.07) is 12.5. The summed E-state index contributed by atoms with van der Waals surface area (Å²) >= 11 is 0. The SMILES string of the molecule is CC(NC(=O)c1ccc(-c2ccccc2)[nH]c1=O)c1nnc2n1CCCC2. The number of nitrogens with zero attached hydrogens (tertiary/aromatic N) is 3. The van der Waals surface area contributed by atoms with Gasteiger partial charge in [0, 0.05) is 18.7 Å². The fourth-order valence-corrected chi connectivity index (χ4v) is 3.43. The maximum absolute atomic E-state index is 12.6. The minimum atomic E-state index is -0.420. The quantitative estimate of drug-likeness (QED) is 0.745. The van der Waals surface area contributed by atoms with Gasteiger partial charge >= 0.3 is 0 Å². The first kappa shape index (κ1) is 17.2. The van der Waals surface area contributed by atoms with Crippen molar-refractivity contribution in [2.75, 3.05) is 0 Å². The third kappa shape index (κ3) is 3.40. The van der Waals surface area contributed by atoms with Gasteiger partial charge in [0.05, 0.1) is 6.04 Å². The van der Waals surface area contributed by atoms with Crippen molar-refractivity contribution < 1.29 is 4.79 Å². The van der Waals surface area contributed by atoms with Crippen LogP contribution in [0.5, 0.6) is 0 Å². The number of rotatable bonds is 4. The molecule has 0 radical (unpaired) electrons. The van der Waals surface area contributed by atoms with Gasteiger partial charge in [0.25, 0.3) is 11.5 Å². The van der Waals surface area contributed by atoms with Gasteiger partial charge in [-0.25, -0.2) is 0 Å². The van der Waals surface area contributed by atoms with Gasteiger partial charge in [0.15, 0.2) is 5.82 Å². The molecule has 0 aliphatic carbocycles. The van der Waals surface area contributed by atoms with Crippen molar-refractivity contribution in [3.8, 4) is 11.3 Å². The number of fused-ring (bicyclic) bond motifs is 1. The van der Waals surface area contributed by atoms with Gasteiger partial charge in [0.2, 0.25) is 0 Å². The topological polar surface area (TPSA) is 92.7 Å². The first-order chi connectivity index (χ1) is 13.1. The average molecular weight is 363 g/mol. The summed E-state index contributed by atoms with van der Waals surface area (Å²) in [5.41, 5.74) is 1.24. The Morgan fingerprint density at radius 2 is 1.96 bits per heavy atom. The Bertz CT molecular complexity index is 1020. The molecule has 0 saturated carbocycles. The van der Waals surface area contributed by atoms with Crippen molar-refractivity contribution in [2.24, 2.45) is 0 Å². The van der Waals surface area contributed by atoms with Crippen LogP contribution in [-0.4, -0.2) is 25.7 Å². The first-order valence-electron chi connectivity index (χ1n) is 9.15. The molecule has 7 heteroatoms. The molecule has 138 valence electrons. The summed E-state index contributed by atoms with van der Waals surface area (Å²) in [5.74, 6) is 1.27. The van der Waals surface area contributed by atoms with Gasteiger partial charge in [0.1, 0.15) is 11.4 Å². The van der Waals surface area contributed by atoms with Gasteiger partial charge in [-0.3, -0.25) is 9.59 Å². The lowest BCUT2D eigenvalue weighted by Gasteiger charge is -2.18. The van der Waals surface area contributed by atoms with Crippen LogP contribution in [0.4, 0.5) is 0 Å². The standard InChI is InChI=1S/C20H21N5O2/c1-13(18-24-23-17-9-5-6-12-25(17)18)21-19(26)15-10-11-16(22-20(15)27)14-7-3-2-4-8-14/h2-4,7-8,10-11,13H,5-6,9,12H2,1H3,(H,21,26)(H,22,27). The molecule has 1 amide bonds. The molecule has 2 aromatic heterocycles. The highest BCUT2D eigenvalue weighted by molar-refractivity contribution is 5.94. The van der Waals surface area contributed by atoms with E-state index in [0.717, 1.165) is 43.0 Å². The van der Waals surface area contributed by atoms with Crippen molar-refractivity contribution in [2.45, 2.75) is 38.8 Å². The zero-order valence-electron chi connectivity index (χ0n) is 15.1. The van der Waals surface area contributed by atoms with Crippen LogP contribution in [0.15, 0.2) is 47.3 Å². The summed E-state index contributed by atoms with van der Waals surface area (Å²) < 4.78 is 2.07. The number of H-pyrrole nitrogens is 1. The van der Waals surface area contributed by atoms with Crippen LogP contribution >= 0.6 is 0 Å². The Morgan fingerprint density at radius 1 is 1.15 bits per heavy atom. The highest BCUT2D eigenvalue weighted by atomic mass is 16.2. The normalized spacial score (nSPS) is 14.4. The zero-order valence-corrected chi connectivity index (χ0v) is 15.1. The molecule has 1 aliphatic heterocycles. The molecule has 27 heavy (non-hydrogen) atoms. The predicted molar refractivity (Wildman–Crippen MR) is 101 cm³/mol. The molecule has 1 aromatic carbocycles. The molecule has 1 aliphatic rings. The maximum Gasteiger partial charge on any atom is 0.261 e. The first-order valence-corrected chi connectivity index (χ1v) is 9.15. The molecule has 0 spiro atoms. The van der Waals surface area contributed by atoms with E-state index in [4.69, 9.17) is 0 Å². The van der Waals surface area contributed by atoms with Crippen molar-refractivity contribution in [1.82, 2.24) is 25.1 Å². The van der Waals surface area contributed by atoms with Gasteiger partial charge in [-0.15, -0.1) is 10.2 Å². The number of nitrogens with one attached hydrogen (secondary N) is 2. The van der Waals surface area contributed by atoms with Crippen molar-refractivity contribution in [3.05, 3.63) is 70.0 Å². The second-order valence-electron chi connectivity index (χ2n) is 6.76. The Morgan fingerprint density at radius 3 is 2.74 bits per heavy atom. The van der Waals surface area contributed by atoms with E-state index in [1.54, 1.807) is 12.1 Å². The van der Waals surface area contributed by atoms with E-state index in [-0.39, 0.29) is 11.6 Å². The van der Waals surface area contributed by atoms with Gasteiger partial charge < -0.3 is 14.9 Å². The van der Waals surface area contributed by atoms with Crippen molar-refractivity contribution in [3.63, 3.8) is 0 Å². The average Bonchev–Trinajstić information content (AvgIpc) is 3.12. The van der Waals surface area contributed by atoms with Crippen molar-refractivity contribution in [1.29, 1.82) is 0 Å². The van der Waals surface area contributed by atoms with E-state index >= 15 is 0 Å². The lowest BCUT2D eigenvalue weighted by atomic mass is 10.1. The number of aromatic nitrogens is 4. The number of aromatic amines is 1. The molecule has 0 bridgehead atoms. The van der Waals surface area contributed by atoms with Crippen LogP contribution in [0, 0.1) is 0 Å². The summed E-state index contributed by atoms with van der Waals surface area (Å²) in [6.07, 6.45) is 3.11. The Balaban J connectivity index is 1.53. The van der Waals surface area contributed by atoms with E-state index < -0.39 is 11.5 Å². The minimum absolute atomic E-state index is 0.0833. The van der Waals surface area contributed by atoms with E-state index in [1.165, 1.54) is 0 Å². The summed E-state index contributed by atoms with van der Waals surface area (Å²) in [7, 11) is 0. The Hall–Kier alpha value is -3.22. The number of benzene rings is 1. The molecule has 4 rings (SSSR count). The van der Waals surface area contributed by atoms with E-state index in [1.807, 2.05) is 37.3 Å². The fraction of sp³-hybridized carbons (Fsp3) is 0.300. The number of carbonyl (C=O) groups excluding carboxylic acids is 1. The van der Waals surface area contributed by atoms with Crippen LogP contribution in [-0.2, 0) is 13.0 Å². The number of hydrogen-bond donors (Lipinski definition) is 2. The third-order valence-electron chi connectivity index (χ3n) is 4.86. The monoisotopic (exact) mass is 363 g/mol. The van der Waals surface area contributed by atoms with E-state index in [0.29, 0.717) is 5.69 Å². The van der Waals surface area contributed by atoms with Crippen molar-refractivity contribution >= 4 is 5.91 Å². The Kier molecular flexibility index (Phi) is 4.58. The van der Waals surface area contributed by atoms with Crippen LogP contribution in [0.3, 0.4) is 0 Å². The molecule has 2 N–H and O–H groups in total. The fourth-order valence-electron chi connectivity index (χ4n) is 3.43. The van der Waals surface area contributed by atoms with Gasteiger partial charge in [-0.05, 0) is 37.5 Å². The Labute approximate surface area is 156 Å². The van der Waals surface area contributed by atoms with E-state index in [2.05, 4.69) is 25.1 Å². The van der Waals surface area contributed by atoms with Gasteiger partial charge in [-0.2, -0.15) is 0 Å².